The summed E-state index contributed by atoms with van der Waals surface area (Å²) in [7, 11) is -1.84. The van der Waals surface area contributed by atoms with E-state index in [1.807, 2.05) is 45.9 Å². The second-order valence-electron chi connectivity index (χ2n) is 12.8. The zero-order valence-electron chi connectivity index (χ0n) is 27.0. The number of esters is 2. The molecule has 0 bridgehead atoms. The first-order chi connectivity index (χ1) is 20.0. The molecule has 0 radical (unpaired) electrons. The molecule has 10 nitrogen and oxygen atoms in total. The molecule has 0 fully saturated rings. The number of amides is 1. The van der Waals surface area contributed by atoms with Gasteiger partial charge in [0, 0.05) is 5.69 Å². The van der Waals surface area contributed by atoms with Gasteiger partial charge in [-0.15, -0.1) is 0 Å². The van der Waals surface area contributed by atoms with Gasteiger partial charge < -0.3 is 19.5 Å². The summed E-state index contributed by atoms with van der Waals surface area (Å²) in [6.07, 6.45) is 0. The standard InChI is InChI=1S/C32H48N3O7P/c1-21(2)26(29(37)41-31(5,6)7)34-43(35-27(22(3)4)30(38)42-32(8,9)10)40-20-39-25-19-15-14-18-24(25)28(36)33-23-16-12-11-13-17-23/h11-19,21-22,26-27,34-35H,20H2,1-10H3,(H,33,36). The van der Waals surface area contributed by atoms with Crippen LogP contribution in [0.5, 0.6) is 5.75 Å². The molecule has 0 aliphatic carbocycles. The fourth-order valence-electron chi connectivity index (χ4n) is 3.69. The fraction of sp³-hybridized carbons (Fsp3) is 0.531. The fourth-order valence-corrected chi connectivity index (χ4v) is 5.38. The lowest BCUT2D eigenvalue weighted by atomic mass is 10.1. The number of ether oxygens (including phenoxy) is 3. The van der Waals surface area contributed by atoms with Crippen LogP contribution in [0.3, 0.4) is 0 Å². The van der Waals surface area contributed by atoms with Gasteiger partial charge in [-0.25, -0.2) is 10.2 Å². The second kappa shape index (κ2) is 16.1. The van der Waals surface area contributed by atoms with Crippen molar-refractivity contribution in [3.8, 4) is 5.75 Å². The SMILES string of the molecule is CC(C)C(NP(NC(C(=O)OC(C)(C)C)C(C)C)OCOc1ccccc1C(=O)Nc1ccccc1)C(=O)OC(C)(C)C. The van der Waals surface area contributed by atoms with Gasteiger partial charge in [0.05, 0.1) is 5.56 Å². The lowest BCUT2D eigenvalue weighted by Crippen LogP contribution is -2.48. The molecule has 0 saturated carbocycles. The van der Waals surface area contributed by atoms with Crippen LogP contribution in [-0.2, 0) is 23.6 Å². The Kier molecular flexibility index (Phi) is 13.6. The number of nitrogens with one attached hydrogen (secondary N) is 3. The predicted octanol–water partition coefficient (Wildman–Crippen LogP) is 6.43. The number of benzene rings is 2. The summed E-state index contributed by atoms with van der Waals surface area (Å²) in [4.78, 5) is 39.2. The number of hydrogen-bond acceptors (Lipinski definition) is 9. The molecular formula is C32H48N3O7P. The zero-order valence-corrected chi connectivity index (χ0v) is 27.9. The van der Waals surface area contributed by atoms with Gasteiger partial charge in [0.1, 0.15) is 29.0 Å². The summed E-state index contributed by atoms with van der Waals surface area (Å²) < 4.78 is 23.3. The highest BCUT2D eigenvalue weighted by Crippen LogP contribution is 2.33. The molecule has 2 rings (SSSR count). The first-order valence-corrected chi connectivity index (χ1v) is 15.7. The molecule has 3 N–H and O–H groups in total. The average molecular weight is 618 g/mol. The Morgan fingerprint density at radius 2 is 1.19 bits per heavy atom. The maximum Gasteiger partial charge on any atom is 0.324 e. The van der Waals surface area contributed by atoms with Crippen LogP contribution in [0, 0.1) is 11.8 Å². The van der Waals surface area contributed by atoms with Crippen LogP contribution in [0.1, 0.15) is 79.6 Å². The van der Waals surface area contributed by atoms with Crippen LogP contribution in [0.25, 0.3) is 0 Å². The number of carbonyl (C=O) groups excluding carboxylic acids is 3. The van der Waals surface area contributed by atoms with Crippen molar-refractivity contribution in [2.24, 2.45) is 11.8 Å². The Morgan fingerprint density at radius 3 is 1.65 bits per heavy atom. The Balaban J connectivity index is 2.26. The van der Waals surface area contributed by atoms with Gasteiger partial charge in [0.2, 0.25) is 0 Å². The molecule has 0 aromatic heterocycles. The number of para-hydroxylation sites is 2. The minimum atomic E-state index is -1.84. The molecule has 2 unspecified atom stereocenters. The highest BCUT2D eigenvalue weighted by atomic mass is 31.2. The minimum Gasteiger partial charge on any atom is -0.466 e. The molecule has 238 valence electrons. The van der Waals surface area contributed by atoms with Gasteiger partial charge in [0.15, 0.2) is 15.2 Å². The summed E-state index contributed by atoms with van der Waals surface area (Å²) >= 11 is 0. The topological polar surface area (TPSA) is 124 Å². The number of anilines is 1. The lowest BCUT2D eigenvalue weighted by molar-refractivity contribution is -0.158. The maximum absolute atomic E-state index is 13.1. The van der Waals surface area contributed by atoms with E-state index in [1.54, 1.807) is 77.9 Å². The van der Waals surface area contributed by atoms with E-state index >= 15 is 0 Å². The molecule has 2 atom stereocenters. The Hall–Kier alpha value is -3.04. The smallest absolute Gasteiger partial charge is 0.324 e. The van der Waals surface area contributed by atoms with Crippen molar-refractivity contribution >= 4 is 32.0 Å². The highest BCUT2D eigenvalue weighted by molar-refractivity contribution is 7.48. The van der Waals surface area contributed by atoms with Crippen molar-refractivity contribution in [1.29, 1.82) is 0 Å². The predicted molar refractivity (Wildman–Crippen MR) is 170 cm³/mol. The third kappa shape index (κ3) is 13.0. The average Bonchev–Trinajstić information content (AvgIpc) is 2.88. The van der Waals surface area contributed by atoms with Crippen molar-refractivity contribution < 1.29 is 33.1 Å². The van der Waals surface area contributed by atoms with Gasteiger partial charge in [-0.3, -0.25) is 18.9 Å². The molecule has 2 aromatic carbocycles. The van der Waals surface area contributed by atoms with Crippen molar-refractivity contribution in [2.75, 3.05) is 12.1 Å². The van der Waals surface area contributed by atoms with E-state index in [-0.39, 0.29) is 24.5 Å². The molecule has 1 amide bonds. The highest BCUT2D eigenvalue weighted by Gasteiger charge is 2.35. The molecule has 0 saturated heterocycles. The minimum absolute atomic E-state index is 0.160. The first-order valence-electron chi connectivity index (χ1n) is 14.5. The van der Waals surface area contributed by atoms with Gasteiger partial charge in [-0.2, -0.15) is 0 Å². The van der Waals surface area contributed by atoms with Crippen LogP contribution < -0.4 is 20.2 Å². The van der Waals surface area contributed by atoms with Crippen LogP contribution in [0.15, 0.2) is 54.6 Å². The van der Waals surface area contributed by atoms with E-state index in [0.717, 1.165) is 0 Å². The molecular weight excluding hydrogens is 569 g/mol. The van der Waals surface area contributed by atoms with Crippen LogP contribution in [0.2, 0.25) is 0 Å². The third-order valence-corrected chi connectivity index (χ3v) is 7.12. The van der Waals surface area contributed by atoms with E-state index in [9.17, 15) is 14.4 Å². The number of hydrogen-bond donors (Lipinski definition) is 3. The maximum atomic E-state index is 13.1. The molecule has 2 aromatic rings. The normalized spacial score (nSPS) is 14.1. The summed E-state index contributed by atoms with van der Waals surface area (Å²) in [6, 6.07) is 14.4. The number of carbonyl (C=O) groups is 3. The number of rotatable bonds is 14. The summed E-state index contributed by atoms with van der Waals surface area (Å²) in [5, 5.41) is 9.30. The largest absolute Gasteiger partial charge is 0.466 e. The second-order valence-corrected chi connectivity index (χ2v) is 14.1. The van der Waals surface area contributed by atoms with E-state index in [2.05, 4.69) is 15.5 Å². The molecule has 11 heteroatoms. The van der Waals surface area contributed by atoms with Crippen molar-refractivity contribution in [3.63, 3.8) is 0 Å². The Bertz CT molecular complexity index is 1150. The summed E-state index contributed by atoms with van der Waals surface area (Å²) in [5.41, 5.74) is -0.401. The van der Waals surface area contributed by atoms with Crippen LogP contribution in [-0.4, -0.2) is 47.9 Å². The lowest BCUT2D eigenvalue weighted by Gasteiger charge is -2.32. The van der Waals surface area contributed by atoms with Crippen molar-refractivity contribution in [1.82, 2.24) is 10.2 Å². The molecule has 43 heavy (non-hydrogen) atoms. The molecule has 0 spiro atoms. The quantitative estimate of drug-likeness (QED) is 0.125. The van der Waals surface area contributed by atoms with E-state index in [0.29, 0.717) is 17.0 Å². The van der Waals surface area contributed by atoms with Gasteiger partial charge in [-0.05, 0) is 77.6 Å². The van der Waals surface area contributed by atoms with Gasteiger partial charge in [-0.1, -0.05) is 58.0 Å². The third-order valence-electron chi connectivity index (χ3n) is 5.73. The molecule has 0 heterocycles. The van der Waals surface area contributed by atoms with Gasteiger partial charge >= 0.3 is 11.9 Å². The van der Waals surface area contributed by atoms with Crippen molar-refractivity contribution in [3.05, 3.63) is 60.2 Å². The Morgan fingerprint density at radius 1 is 0.721 bits per heavy atom. The first kappa shape index (κ1) is 36.2. The van der Waals surface area contributed by atoms with Crippen LogP contribution >= 0.6 is 8.45 Å². The van der Waals surface area contributed by atoms with Gasteiger partial charge in [0.25, 0.3) is 5.91 Å². The van der Waals surface area contributed by atoms with Crippen LogP contribution in [0.4, 0.5) is 5.69 Å². The zero-order chi connectivity index (χ0) is 32.4. The molecule has 0 aliphatic rings. The summed E-state index contributed by atoms with van der Waals surface area (Å²) in [5.74, 6) is -1.23. The van der Waals surface area contributed by atoms with Crippen molar-refractivity contribution in [2.45, 2.75) is 92.5 Å². The molecule has 0 aliphatic heterocycles. The van der Waals surface area contributed by atoms with E-state index < -0.39 is 43.7 Å². The monoisotopic (exact) mass is 617 g/mol. The Labute approximate surface area is 257 Å². The summed E-state index contributed by atoms with van der Waals surface area (Å²) in [6.45, 7) is 18.1. The van der Waals surface area contributed by atoms with E-state index in [1.165, 1.54) is 0 Å². The van der Waals surface area contributed by atoms with E-state index in [4.69, 9.17) is 18.7 Å².